The highest BCUT2D eigenvalue weighted by Crippen LogP contribution is 2.05. The van der Waals surface area contributed by atoms with Gasteiger partial charge in [-0.15, -0.1) is 0 Å². The van der Waals surface area contributed by atoms with Crippen molar-refractivity contribution in [2.45, 2.75) is 59.0 Å². The lowest BCUT2D eigenvalue weighted by atomic mass is 10.2. The molecular formula is C15H29N3O4. The van der Waals surface area contributed by atoms with E-state index in [1.54, 1.807) is 20.8 Å². The molecule has 0 saturated carbocycles. The molecule has 0 heterocycles. The van der Waals surface area contributed by atoms with E-state index in [9.17, 15) is 14.4 Å². The number of hydrogen-bond donors (Lipinski definition) is 3. The Morgan fingerprint density at radius 3 is 2.05 bits per heavy atom. The molecule has 0 rings (SSSR count). The number of amides is 3. The number of hydrogen-bond acceptors (Lipinski definition) is 4. The zero-order chi connectivity index (χ0) is 17.0. The topological polar surface area (TPSA) is 96.5 Å². The Labute approximate surface area is 132 Å². The van der Waals surface area contributed by atoms with Crippen molar-refractivity contribution in [2.75, 3.05) is 19.6 Å². The summed E-state index contributed by atoms with van der Waals surface area (Å²) in [4.78, 5) is 34.2. The zero-order valence-electron chi connectivity index (χ0n) is 14.1. The average Bonchev–Trinajstić information content (AvgIpc) is 2.40. The van der Waals surface area contributed by atoms with Crippen LogP contribution in [0.3, 0.4) is 0 Å². The van der Waals surface area contributed by atoms with Gasteiger partial charge in [-0.25, -0.2) is 4.79 Å². The highest BCUT2D eigenvalue weighted by molar-refractivity contribution is 5.82. The maximum Gasteiger partial charge on any atom is 0.408 e. The van der Waals surface area contributed by atoms with Crippen molar-refractivity contribution in [2.24, 2.45) is 0 Å². The number of carbonyl (C=O) groups excluding carboxylic acids is 3. The van der Waals surface area contributed by atoms with E-state index in [4.69, 9.17) is 4.74 Å². The molecular weight excluding hydrogens is 286 g/mol. The molecule has 0 spiro atoms. The third-order valence-corrected chi connectivity index (χ3v) is 2.55. The van der Waals surface area contributed by atoms with Gasteiger partial charge in [0, 0.05) is 19.5 Å². The predicted molar refractivity (Wildman–Crippen MR) is 84.4 cm³/mol. The fourth-order valence-electron chi connectivity index (χ4n) is 1.50. The first kappa shape index (κ1) is 20.2. The molecule has 3 N–H and O–H groups in total. The Balaban J connectivity index is 3.58. The van der Waals surface area contributed by atoms with Crippen molar-refractivity contribution < 1.29 is 19.1 Å². The molecule has 0 aromatic heterocycles. The zero-order valence-corrected chi connectivity index (χ0v) is 14.1. The first-order chi connectivity index (χ1) is 10.2. The Kier molecular flexibility index (Phi) is 9.98. The molecule has 3 amide bonds. The quantitative estimate of drug-likeness (QED) is 0.559. The Bertz CT molecular complexity index is 364. The molecule has 0 bridgehead atoms. The molecule has 128 valence electrons. The number of unbranched alkanes of at least 4 members (excludes halogenated alkanes) is 1. The van der Waals surface area contributed by atoms with Gasteiger partial charge in [0.25, 0.3) is 0 Å². The standard InChI is InChI=1S/C15H29N3O4/c1-5-6-8-12(19)16-9-7-10-17-13(20)11-18-14(21)22-15(2,3)4/h5-11H2,1-4H3,(H,16,19)(H,17,20)(H,18,21). The summed E-state index contributed by atoms with van der Waals surface area (Å²) in [6, 6.07) is 0. The van der Waals surface area contributed by atoms with Crippen LogP contribution < -0.4 is 16.0 Å². The third-order valence-electron chi connectivity index (χ3n) is 2.55. The third kappa shape index (κ3) is 13.2. The number of alkyl carbamates (subject to hydrolysis) is 1. The van der Waals surface area contributed by atoms with Gasteiger partial charge in [-0.2, -0.15) is 0 Å². The van der Waals surface area contributed by atoms with Gasteiger partial charge < -0.3 is 20.7 Å². The van der Waals surface area contributed by atoms with Crippen molar-refractivity contribution in [3.05, 3.63) is 0 Å². The minimum atomic E-state index is -0.620. The fraction of sp³-hybridized carbons (Fsp3) is 0.800. The van der Waals surface area contributed by atoms with Crippen LogP contribution in [0.15, 0.2) is 0 Å². The first-order valence-electron chi connectivity index (χ1n) is 7.75. The summed E-state index contributed by atoms with van der Waals surface area (Å²) in [6.45, 7) is 8.14. The monoisotopic (exact) mass is 315 g/mol. The van der Waals surface area contributed by atoms with Crippen molar-refractivity contribution >= 4 is 17.9 Å². The second kappa shape index (κ2) is 10.9. The molecule has 0 aromatic carbocycles. The van der Waals surface area contributed by atoms with Crippen LogP contribution in [-0.4, -0.2) is 43.1 Å². The number of nitrogens with one attached hydrogen (secondary N) is 3. The van der Waals surface area contributed by atoms with Crippen molar-refractivity contribution in [3.8, 4) is 0 Å². The molecule has 0 atom stereocenters. The van der Waals surface area contributed by atoms with Gasteiger partial charge in [0.1, 0.15) is 5.60 Å². The van der Waals surface area contributed by atoms with E-state index in [1.165, 1.54) is 0 Å². The van der Waals surface area contributed by atoms with E-state index in [2.05, 4.69) is 16.0 Å². The molecule has 7 heteroatoms. The van der Waals surface area contributed by atoms with Crippen LogP contribution in [0.2, 0.25) is 0 Å². The Morgan fingerprint density at radius 2 is 1.50 bits per heavy atom. The lowest BCUT2D eigenvalue weighted by molar-refractivity contribution is -0.121. The smallest absolute Gasteiger partial charge is 0.408 e. The van der Waals surface area contributed by atoms with E-state index < -0.39 is 11.7 Å². The van der Waals surface area contributed by atoms with Gasteiger partial charge in [-0.1, -0.05) is 13.3 Å². The number of rotatable bonds is 9. The SMILES string of the molecule is CCCCC(=O)NCCCNC(=O)CNC(=O)OC(C)(C)C. The first-order valence-corrected chi connectivity index (χ1v) is 7.75. The molecule has 0 unspecified atom stereocenters. The van der Waals surface area contributed by atoms with Crippen molar-refractivity contribution in [1.29, 1.82) is 0 Å². The fourth-order valence-corrected chi connectivity index (χ4v) is 1.50. The van der Waals surface area contributed by atoms with Crippen LogP contribution in [-0.2, 0) is 14.3 Å². The van der Waals surface area contributed by atoms with Crippen molar-refractivity contribution in [3.63, 3.8) is 0 Å². The van der Waals surface area contributed by atoms with E-state index >= 15 is 0 Å². The van der Waals surface area contributed by atoms with E-state index in [0.29, 0.717) is 25.9 Å². The van der Waals surface area contributed by atoms with Crippen LogP contribution in [0.4, 0.5) is 4.79 Å². The second-order valence-electron chi connectivity index (χ2n) is 6.01. The summed E-state index contributed by atoms with van der Waals surface area (Å²) >= 11 is 0. The minimum absolute atomic E-state index is 0.0415. The summed E-state index contributed by atoms with van der Waals surface area (Å²) in [7, 11) is 0. The molecule has 0 aliphatic rings. The highest BCUT2D eigenvalue weighted by Gasteiger charge is 2.16. The summed E-state index contributed by atoms with van der Waals surface area (Å²) in [5, 5.41) is 7.82. The number of carbonyl (C=O) groups is 3. The summed E-state index contributed by atoms with van der Waals surface area (Å²) < 4.78 is 5.01. The normalized spacial score (nSPS) is 10.7. The lowest BCUT2D eigenvalue weighted by Crippen LogP contribution is -2.40. The molecule has 0 fully saturated rings. The average molecular weight is 315 g/mol. The molecule has 0 aromatic rings. The summed E-state index contributed by atoms with van der Waals surface area (Å²) in [5.41, 5.74) is -0.587. The van der Waals surface area contributed by atoms with Gasteiger partial charge >= 0.3 is 6.09 Å². The van der Waals surface area contributed by atoms with E-state index in [0.717, 1.165) is 12.8 Å². The second-order valence-corrected chi connectivity index (χ2v) is 6.01. The summed E-state index contributed by atoms with van der Waals surface area (Å²) in [5.74, 6) is -0.247. The maximum absolute atomic E-state index is 11.5. The van der Waals surface area contributed by atoms with E-state index in [-0.39, 0.29) is 18.4 Å². The minimum Gasteiger partial charge on any atom is -0.444 e. The number of ether oxygens (including phenoxy) is 1. The van der Waals surface area contributed by atoms with Gasteiger partial charge in [0.05, 0.1) is 6.54 Å². The molecule has 0 saturated heterocycles. The lowest BCUT2D eigenvalue weighted by Gasteiger charge is -2.19. The van der Waals surface area contributed by atoms with Gasteiger partial charge in [0.2, 0.25) is 11.8 Å². The predicted octanol–water partition coefficient (Wildman–Crippen LogP) is 1.32. The Morgan fingerprint density at radius 1 is 0.909 bits per heavy atom. The van der Waals surface area contributed by atoms with Gasteiger partial charge in [-0.05, 0) is 33.6 Å². The molecule has 7 nitrogen and oxygen atoms in total. The van der Waals surface area contributed by atoms with Crippen LogP contribution in [0.25, 0.3) is 0 Å². The Hall–Kier alpha value is -1.79. The molecule has 22 heavy (non-hydrogen) atoms. The highest BCUT2D eigenvalue weighted by atomic mass is 16.6. The van der Waals surface area contributed by atoms with E-state index in [1.807, 2.05) is 6.92 Å². The van der Waals surface area contributed by atoms with Gasteiger partial charge in [-0.3, -0.25) is 9.59 Å². The largest absolute Gasteiger partial charge is 0.444 e. The van der Waals surface area contributed by atoms with Gasteiger partial charge in [0.15, 0.2) is 0 Å². The van der Waals surface area contributed by atoms with Crippen molar-refractivity contribution in [1.82, 2.24) is 16.0 Å². The van der Waals surface area contributed by atoms with Crippen LogP contribution in [0, 0.1) is 0 Å². The molecule has 0 aliphatic carbocycles. The van der Waals surface area contributed by atoms with Crippen LogP contribution in [0.5, 0.6) is 0 Å². The maximum atomic E-state index is 11.5. The molecule has 0 radical (unpaired) electrons. The summed E-state index contributed by atoms with van der Waals surface area (Å²) in [6.07, 6.45) is 2.46. The van der Waals surface area contributed by atoms with Crippen LogP contribution >= 0.6 is 0 Å². The van der Waals surface area contributed by atoms with Crippen LogP contribution in [0.1, 0.15) is 53.4 Å². The molecule has 0 aliphatic heterocycles.